The van der Waals surface area contributed by atoms with Gasteiger partial charge in [0.2, 0.25) is 0 Å². The van der Waals surface area contributed by atoms with Crippen molar-refractivity contribution in [2.24, 2.45) is 5.73 Å². The zero-order valence-electron chi connectivity index (χ0n) is 12.8. The normalized spacial score (nSPS) is 12.5. The van der Waals surface area contributed by atoms with Crippen LogP contribution >= 0.6 is 0 Å². The summed E-state index contributed by atoms with van der Waals surface area (Å²) in [6.07, 6.45) is -0.312. The first-order valence-corrected chi connectivity index (χ1v) is 6.78. The van der Waals surface area contributed by atoms with Gasteiger partial charge in [0.1, 0.15) is 5.60 Å². The van der Waals surface area contributed by atoms with Gasteiger partial charge >= 0.3 is 11.8 Å². The van der Waals surface area contributed by atoms with E-state index in [0.29, 0.717) is 5.56 Å². The summed E-state index contributed by atoms with van der Waals surface area (Å²) in [4.78, 5) is 21.8. The summed E-state index contributed by atoms with van der Waals surface area (Å²) in [6, 6.07) is 3.62. The van der Waals surface area contributed by atoms with E-state index in [1.165, 1.54) is 12.1 Å². The molecule has 0 aromatic heterocycles. The van der Waals surface area contributed by atoms with Gasteiger partial charge < -0.3 is 20.9 Å². The highest BCUT2D eigenvalue weighted by atomic mass is 16.6. The third-order valence-electron chi connectivity index (χ3n) is 2.72. The molecule has 8 heteroatoms. The molecule has 8 nitrogen and oxygen atoms in total. The molecule has 0 fully saturated rings. The van der Waals surface area contributed by atoms with Crippen molar-refractivity contribution < 1.29 is 19.6 Å². The number of benzene rings is 1. The molecule has 0 aliphatic carbocycles. The number of rotatable bonds is 5. The SMILES string of the molecule is CC(C)(C)OC(=O)NC(CN)Cc1ccc(O)c([N+](=O)[O-])c1. The largest absolute Gasteiger partial charge is 0.502 e. The molecular weight excluding hydrogens is 290 g/mol. The number of hydrogen-bond donors (Lipinski definition) is 3. The zero-order chi connectivity index (χ0) is 16.9. The zero-order valence-corrected chi connectivity index (χ0v) is 12.8. The van der Waals surface area contributed by atoms with Crippen LogP contribution in [-0.4, -0.2) is 34.3 Å². The van der Waals surface area contributed by atoms with Crippen LogP contribution in [0.25, 0.3) is 0 Å². The van der Waals surface area contributed by atoms with Crippen LogP contribution in [-0.2, 0) is 11.2 Å². The molecular formula is C14H21N3O5. The van der Waals surface area contributed by atoms with Gasteiger partial charge in [-0.05, 0) is 38.8 Å². The summed E-state index contributed by atoms with van der Waals surface area (Å²) in [7, 11) is 0. The van der Waals surface area contributed by atoms with Crippen molar-refractivity contribution in [3.05, 3.63) is 33.9 Å². The van der Waals surface area contributed by atoms with Crippen LogP contribution in [0.4, 0.5) is 10.5 Å². The van der Waals surface area contributed by atoms with Gasteiger partial charge in [-0.25, -0.2) is 4.79 Å². The molecule has 0 saturated carbocycles. The topological polar surface area (TPSA) is 128 Å². The highest BCUT2D eigenvalue weighted by Crippen LogP contribution is 2.26. The average Bonchev–Trinajstić information content (AvgIpc) is 2.37. The third-order valence-corrected chi connectivity index (χ3v) is 2.72. The van der Waals surface area contributed by atoms with Crippen molar-refractivity contribution in [2.45, 2.75) is 38.8 Å². The monoisotopic (exact) mass is 311 g/mol. The first-order chi connectivity index (χ1) is 10.1. The van der Waals surface area contributed by atoms with E-state index >= 15 is 0 Å². The van der Waals surface area contributed by atoms with E-state index in [-0.39, 0.29) is 18.7 Å². The van der Waals surface area contributed by atoms with Gasteiger partial charge in [0, 0.05) is 18.7 Å². The van der Waals surface area contributed by atoms with Crippen molar-refractivity contribution in [1.29, 1.82) is 0 Å². The maximum atomic E-state index is 11.7. The van der Waals surface area contributed by atoms with Crippen molar-refractivity contribution in [1.82, 2.24) is 5.32 Å². The number of carbonyl (C=O) groups is 1. The lowest BCUT2D eigenvalue weighted by Crippen LogP contribution is -2.44. The van der Waals surface area contributed by atoms with E-state index in [4.69, 9.17) is 10.5 Å². The predicted octanol–water partition coefficient (Wildman–Crippen LogP) is 1.69. The number of ether oxygens (including phenoxy) is 1. The number of amides is 1. The van der Waals surface area contributed by atoms with Crippen LogP contribution in [0, 0.1) is 10.1 Å². The van der Waals surface area contributed by atoms with Gasteiger partial charge in [0.25, 0.3) is 0 Å². The Morgan fingerprint density at radius 3 is 2.64 bits per heavy atom. The number of aromatic hydroxyl groups is 1. The molecule has 0 heterocycles. The van der Waals surface area contributed by atoms with E-state index < -0.39 is 28.4 Å². The lowest BCUT2D eigenvalue weighted by molar-refractivity contribution is -0.385. The molecule has 0 aliphatic rings. The van der Waals surface area contributed by atoms with Crippen LogP contribution in [0.1, 0.15) is 26.3 Å². The van der Waals surface area contributed by atoms with Gasteiger partial charge in [0.05, 0.1) is 4.92 Å². The molecule has 1 atom stereocenters. The number of carbonyl (C=O) groups excluding carboxylic acids is 1. The second kappa shape index (κ2) is 7.08. The first kappa shape index (κ1) is 17.7. The first-order valence-electron chi connectivity index (χ1n) is 6.78. The third kappa shape index (κ3) is 5.57. The summed E-state index contributed by atoms with van der Waals surface area (Å²) >= 11 is 0. The highest BCUT2D eigenvalue weighted by molar-refractivity contribution is 5.68. The van der Waals surface area contributed by atoms with Gasteiger partial charge in [-0.2, -0.15) is 0 Å². The van der Waals surface area contributed by atoms with Crippen LogP contribution in [0.3, 0.4) is 0 Å². The van der Waals surface area contributed by atoms with E-state index in [9.17, 15) is 20.0 Å². The number of phenolic OH excluding ortho intramolecular Hbond substituents is 1. The van der Waals surface area contributed by atoms with E-state index in [2.05, 4.69) is 5.32 Å². The standard InChI is InChI=1S/C14H21N3O5/c1-14(2,3)22-13(19)16-10(8-15)6-9-4-5-12(18)11(7-9)17(20)21/h4-5,7,10,18H,6,8,15H2,1-3H3,(H,16,19). The van der Waals surface area contributed by atoms with Crippen molar-refractivity contribution in [3.8, 4) is 5.75 Å². The molecule has 22 heavy (non-hydrogen) atoms. The molecule has 0 radical (unpaired) electrons. The molecule has 0 bridgehead atoms. The lowest BCUT2D eigenvalue weighted by Gasteiger charge is -2.23. The number of alkyl carbamates (subject to hydrolysis) is 1. The molecule has 122 valence electrons. The summed E-state index contributed by atoms with van der Waals surface area (Å²) in [5, 5.41) is 22.8. The molecule has 0 saturated heterocycles. The van der Waals surface area contributed by atoms with E-state index in [1.807, 2.05) is 0 Å². The molecule has 0 aliphatic heterocycles. The molecule has 1 rings (SSSR count). The molecule has 1 aromatic rings. The number of hydrogen-bond acceptors (Lipinski definition) is 6. The number of phenols is 1. The summed E-state index contributed by atoms with van der Waals surface area (Å²) in [6.45, 7) is 5.38. The number of nitrogens with zero attached hydrogens (tertiary/aromatic N) is 1. The minimum atomic E-state index is -0.669. The number of nitro groups is 1. The van der Waals surface area contributed by atoms with Gasteiger partial charge in [-0.3, -0.25) is 10.1 Å². The average molecular weight is 311 g/mol. The Morgan fingerprint density at radius 1 is 1.50 bits per heavy atom. The maximum absolute atomic E-state index is 11.7. The minimum Gasteiger partial charge on any atom is -0.502 e. The van der Waals surface area contributed by atoms with Gasteiger partial charge in [-0.1, -0.05) is 6.07 Å². The van der Waals surface area contributed by atoms with E-state index in [0.717, 1.165) is 0 Å². The smallest absolute Gasteiger partial charge is 0.407 e. The van der Waals surface area contributed by atoms with Crippen LogP contribution in [0.2, 0.25) is 0 Å². The number of nitrogens with one attached hydrogen (secondary N) is 1. The summed E-state index contributed by atoms with van der Waals surface area (Å²) in [5.41, 5.74) is 5.18. The van der Waals surface area contributed by atoms with Crippen LogP contribution in [0.5, 0.6) is 5.75 Å². The number of nitrogens with two attached hydrogens (primary N) is 1. The highest BCUT2D eigenvalue weighted by Gasteiger charge is 2.20. The Labute approximate surface area is 128 Å². The molecule has 0 spiro atoms. The molecule has 1 aromatic carbocycles. The second-order valence-electron chi connectivity index (χ2n) is 5.86. The quantitative estimate of drug-likeness (QED) is 0.561. The van der Waals surface area contributed by atoms with E-state index in [1.54, 1.807) is 26.8 Å². The second-order valence-corrected chi connectivity index (χ2v) is 5.86. The Morgan fingerprint density at radius 2 is 2.14 bits per heavy atom. The summed E-state index contributed by atoms with van der Waals surface area (Å²) < 4.78 is 5.13. The lowest BCUT2D eigenvalue weighted by atomic mass is 10.1. The van der Waals surface area contributed by atoms with Crippen LogP contribution < -0.4 is 11.1 Å². The molecule has 1 amide bonds. The Balaban J connectivity index is 2.76. The predicted molar refractivity (Wildman–Crippen MR) is 80.7 cm³/mol. The van der Waals surface area contributed by atoms with Crippen molar-refractivity contribution >= 4 is 11.8 Å². The van der Waals surface area contributed by atoms with Gasteiger partial charge in [0.15, 0.2) is 5.75 Å². The van der Waals surface area contributed by atoms with Crippen molar-refractivity contribution in [2.75, 3.05) is 6.54 Å². The maximum Gasteiger partial charge on any atom is 0.407 e. The fraction of sp³-hybridized carbons (Fsp3) is 0.500. The fourth-order valence-electron chi connectivity index (χ4n) is 1.79. The van der Waals surface area contributed by atoms with Crippen LogP contribution in [0.15, 0.2) is 18.2 Å². The Hall–Kier alpha value is -2.35. The Bertz CT molecular complexity index is 554. The fourth-order valence-corrected chi connectivity index (χ4v) is 1.79. The summed E-state index contributed by atoms with van der Waals surface area (Å²) in [5.74, 6) is -0.404. The Kier molecular flexibility index (Phi) is 5.69. The molecule has 1 unspecified atom stereocenters. The minimum absolute atomic E-state index is 0.147. The number of nitro benzene ring substituents is 1. The molecule has 4 N–H and O–H groups in total. The van der Waals surface area contributed by atoms with Crippen molar-refractivity contribution in [3.63, 3.8) is 0 Å². The van der Waals surface area contributed by atoms with Gasteiger partial charge in [-0.15, -0.1) is 0 Å².